The van der Waals surface area contributed by atoms with Crippen LogP contribution in [0, 0.1) is 13.8 Å². The summed E-state index contributed by atoms with van der Waals surface area (Å²) < 4.78 is 78.0. The predicted octanol–water partition coefficient (Wildman–Crippen LogP) is 11.1. The highest BCUT2D eigenvalue weighted by atomic mass is 32.1. The maximum Gasteiger partial charge on any atom is 0.416 e. The van der Waals surface area contributed by atoms with Gasteiger partial charge in [-0.2, -0.15) is 26.3 Å². The van der Waals surface area contributed by atoms with Crippen LogP contribution in [0.25, 0.3) is 52.8 Å². The molecule has 42 heavy (non-hydrogen) atoms. The number of aromatic nitrogens is 2. The predicted molar refractivity (Wildman–Crippen MR) is 157 cm³/mol. The van der Waals surface area contributed by atoms with Crippen molar-refractivity contribution in [2.24, 2.45) is 0 Å². The molecule has 10 heteroatoms. The zero-order valence-corrected chi connectivity index (χ0v) is 23.7. The van der Waals surface area contributed by atoms with E-state index in [9.17, 15) is 26.3 Å². The Bertz CT molecular complexity index is 1770. The summed E-state index contributed by atoms with van der Waals surface area (Å²) in [5.74, 6) is 0. The monoisotopic (exact) mass is 610 g/mol. The lowest BCUT2D eigenvalue weighted by Gasteiger charge is -2.11. The Hall–Kier alpha value is -4.02. The summed E-state index contributed by atoms with van der Waals surface area (Å²) in [5, 5.41) is 0. The molecule has 0 radical (unpaired) electrons. The molecule has 3 aromatic carbocycles. The van der Waals surface area contributed by atoms with Crippen LogP contribution >= 0.6 is 22.7 Å². The smallest absolute Gasteiger partial charge is 0.249 e. The first kappa shape index (κ1) is 28.1. The van der Waals surface area contributed by atoms with E-state index in [0.717, 1.165) is 66.3 Å². The molecule has 0 saturated carbocycles. The summed E-state index contributed by atoms with van der Waals surface area (Å²) >= 11 is 2.91. The van der Waals surface area contributed by atoms with Crippen molar-refractivity contribution >= 4 is 33.7 Å². The summed E-state index contributed by atoms with van der Waals surface area (Å²) in [4.78, 5) is 13.2. The van der Waals surface area contributed by atoms with E-state index in [1.54, 1.807) is 0 Å². The van der Waals surface area contributed by atoms with Gasteiger partial charge in [0.15, 0.2) is 0 Å². The molecule has 0 saturated heterocycles. The highest BCUT2D eigenvalue weighted by Gasteiger charge is 2.31. The molecule has 0 aliphatic rings. The van der Waals surface area contributed by atoms with Crippen molar-refractivity contribution in [3.63, 3.8) is 0 Å². The second kappa shape index (κ2) is 10.4. The summed E-state index contributed by atoms with van der Waals surface area (Å²) in [6, 6.07) is 21.7. The molecule has 0 amide bonds. The van der Waals surface area contributed by atoms with Crippen molar-refractivity contribution in [3.05, 3.63) is 107 Å². The van der Waals surface area contributed by atoms with Crippen molar-refractivity contribution in [2.45, 2.75) is 26.2 Å². The quantitative estimate of drug-likeness (QED) is 0.186. The fourth-order valence-corrected chi connectivity index (χ4v) is 6.70. The molecule has 2 nitrogen and oxygen atoms in total. The largest absolute Gasteiger partial charge is 0.416 e. The van der Waals surface area contributed by atoms with Crippen LogP contribution in [0.4, 0.5) is 26.3 Å². The van der Waals surface area contributed by atoms with E-state index in [4.69, 9.17) is 9.97 Å². The molecule has 0 aliphatic heterocycles. The summed E-state index contributed by atoms with van der Waals surface area (Å²) in [6.07, 6.45) is -8.79. The van der Waals surface area contributed by atoms with E-state index in [1.807, 2.05) is 50.2 Å². The standard InChI is InChI=1S/C32H20F6N2S2/c1-17-18(2)40-30-24(28-16-14-26(42-28)20-5-9-22(10-6-20)32(36,37)38)12-11-23(29(30)39-17)27-15-13-25(41-27)19-3-7-21(8-4-19)31(33,34)35/h3-16H,1-2H3. The van der Waals surface area contributed by atoms with Crippen molar-refractivity contribution in [3.8, 4) is 41.8 Å². The van der Waals surface area contributed by atoms with Gasteiger partial charge >= 0.3 is 12.4 Å². The minimum absolute atomic E-state index is 0.688. The maximum absolute atomic E-state index is 13.0. The molecule has 0 atom stereocenters. The highest BCUT2D eigenvalue weighted by molar-refractivity contribution is 7.19. The number of benzene rings is 3. The molecule has 0 aliphatic carbocycles. The number of fused-ring (bicyclic) bond motifs is 1. The van der Waals surface area contributed by atoms with Crippen LogP contribution in [-0.2, 0) is 12.4 Å². The molecule has 0 fully saturated rings. The average Bonchev–Trinajstić information content (AvgIpc) is 3.63. The Morgan fingerprint density at radius 2 is 0.786 bits per heavy atom. The second-order valence-electron chi connectivity index (χ2n) is 9.73. The first-order chi connectivity index (χ1) is 19.9. The van der Waals surface area contributed by atoms with Crippen LogP contribution in [0.5, 0.6) is 0 Å². The molecular formula is C32H20F6N2S2. The van der Waals surface area contributed by atoms with Crippen LogP contribution in [0.3, 0.4) is 0 Å². The van der Waals surface area contributed by atoms with Gasteiger partial charge in [0.05, 0.1) is 33.5 Å². The van der Waals surface area contributed by atoms with E-state index in [-0.39, 0.29) is 0 Å². The third-order valence-electron chi connectivity index (χ3n) is 6.97. The number of thiophene rings is 2. The van der Waals surface area contributed by atoms with Crippen molar-refractivity contribution in [2.75, 3.05) is 0 Å². The molecule has 0 bridgehead atoms. The van der Waals surface area contributed by atoms with Gasteiger partial charge in [-0.3, -0.25) is 0 Å². The Kier molecular flexibility index (Phi) is 6.93. The second-order valence-corrected chi connectivity index (χ2v) is 11.9. The Balaban J connectivity index is 1.38. The van der Waals surface area contributed by atoms with Crippen LogP contribution in [0.2, 0.25) is 0 Å². The van der Waals surface area contributed by atoms with Gasteiger partial charge in [-0.05, 0) is 73.5 Å². The zero-order valence-electron chi connectivity index (χ0n) is 22.1. The molecule has 0 unspecified atom stereocenters. The van der Waals surface area contributed by atoms with Gasteiger partial charge in [0.2, 0.25) is 0 Å². The SMILES string of the molecule is Cc1nc2c(-c3ccc(-c4ccc(C(F)(F)F)cc4)s3)ccc(-c3ccc(-c4ccc(C(F)(F)F)cc4)s3)c2nc1C. The normalized spacial score (nSPS) is 12.3. The molecule has 212 valence electrons. The van der Waals surface area contributed by atoms with Crippen LogP contribution in [0.1, 0.15) is 22.5 Å². The Morgan fingerprint density at radius 3 is 1.12 bits per heavy atom. The minimum Gasteiger partial charge on any atom is -0.249 e. The molecule has 0 spiro atoms. The highest BCUT2D eigenvalue weighted by Crippen LogP contribution is 2.43. The van der Waals surface area contributed by atoms with E-state index < -0.39 is 23.5 Å². The average molecular weight is 611 g/mol. The number of hydrogen-bond acceptors (Lipinski definition) is 4. The third-order valence-corrected chi connectivity index (χ3v) is 9.31. The first-order valence-electron chi connectivity index (χ1n) is 12.7. The van der Waals surface area contributed by atoms with Crippen LogP contribution in [-0.4, -0.2) is 9.97 Å². The number of aryl methyl sites for hydroxylation is 2. The van der Waals surface area contributed by atoms with Gasteiger partial charge in [0, 0.05) is 30.6 Å². The lowest BCUT2D eigenvalue weighted by Crippen LogP contribution is -2.03. The van der Waals surface area contributed by atoms with Gasteiger partial charge in [0.25, 0.3) is 0 Å². The van der Waals surface area contributed by atoms with Crippen molar-refractivity contribution in [1.82, 2.24) is 9.97 Å². The lowest BCUT2D eigenvalue weighted by molar-refractivity contribution is -0.138. The van der Waals surface area contributed by atoms with Crippen molar-refractivity contribution in [1.29, 1.82) is 0 Å². The van der Waals surface area contributed by atoms with Gasteiger partial charge in [-0.25, -0.2) is 9.97 Å². The molecule has 0 N–H and O–H groups in total. The van der Waals surface area contributed by atoms with E-state index in [2.05, 4.69) is 0 Å². The summed E-state index contributed by atoms with van der Waals surface area (Å²) in [6.45, 7) is 3.77. The fraction of sp³-hybridized carbons (Fsp3) is 0.125. The van der Waals surface area contributed by atoms with E-state index in [1.165, 1.54) is 46.9 Å². The van der Waals surface area contributed by atoms with Gasteiger partial charge in [-0.1, -0.05) is 36.4 Å². The third kappa shape index (κ3) is 5.32. The number of nitrogens with zero attached hydrogens (tertiary/aromatic N) is 2. The zero-order chi connectivity index (χ0) is 29.8. The lowest BCUT2D eigenvalue weighted by atomic mass is 10.0. The van der Waals surface area contributed by atoms with Crippen molar-refractivity contribution < 1.29 is 26.3 Å². The maximum atomic E-state index is 13.0. The molecule has 6 aromatic rings. The minimum atomic E-state index is -4.39. The van der Waals surface area contributed by atoms with Gasteiger partial charge in [-0.15, -0.1) is 22.7 Å². The number of halogens is 6. The summed E-state index contributed by atoms with van der Waals surface area (Å²) in [7, 11) is 0. The molecule has 6 rings (SSSR count). The van der Waals surface area contributed by atoms with Crippen LogP contribution in [0.15, 0.2) is 84.9 Å². The number of hydrogen-bond donors (Lipinski definition) is 0. The number of alkyl halides is 6. The van der Waals surface area contributed by atoms with Crippen LogP contribution < -0.4 is 0 Å². The summed E-state index contributed by atoms with van der Waals surface area (Å²) in [5.41, 5.74) is 4.64. The number of rotatable bonds is 4. The Morgan fingerprint density at radius 1 is 0.452 bits per heavy atom. The molecular weight excluding hydrogens is 590 g/mol. The molecule has 3 heterocycles. The topological polar surface area (TPSA) is 25.8 Å². The first-order valence-corrected chi connectivity index (χ1v) is 14.4. The Labute approximate surface area is 245 Å². The van der Waals surface area contributed by atoms with Gasteiger partial charge < -0.3 is 0 Å². The molecule has 3 aromatic heterocycles. The van der Waals surface area contributed by atoms with E-state index >= 15 is 0 Å². The van der Waals surface area contributed by atoms with Gasteiger partial charge in [0.1, 0.15) is 0 Å². The van der Waals surface area contributed by atoms with E-state index in [0.29, 0.717) is 22.2 Å². The fourth-order valence-electron chi connectivity index (χ4n) is 4.62.